The minimum atomic E-state index is -0.155. The van der Waals surface area contributed by atoms with Gasteiger partial charge >= 0.3 is 0 Å². The van der Waals surface area contributed by atoms with Gasteiger partial charge in [-0.05, 0) is 42.9 Å². The van der Waals surface area contributed by atoms with Crippen LogP contribution in [0.25, 0.3) is 11.7 Å². The number of unbranched alkanes of at least 4 members (excludes halogenated alkanes) is 5. The van der Waals surface area contributed by atoms with Gasteiger partial charge in [0.2, 0.25) is 0 Å². The number of thiocarbonyl (C=S) groups is 1. The lowest BCUT2D eigenvalue weighted by atomic mass is 9.91. The van der Waals surface area contributed by atoms with Crippen LogP contribution in [0.15, 0.2) is 34.1 Å². The molecule has 0 aliphatic carbocycles. The van der Waals surface area contributed by atoms with Crippen LogP contribution >= 0.6 is 24.0 Å². The summed E-state index contributed by atoms with van der Waals surface area (Å²) in [6.45, 7) is 9.02. The van der Waals surface area contributed by atoms with E-state index in [1.807, 2.05) is 18.2 Å². The van der Waals surface area contributed by atoms with Gasteiger partial charge in [0, 0.05) is 25.8 Å². The van der Waals surface area contributed by atoms with Crippen molar-refractivity contribution >= 4 is 51.7 Å². The molecule has 1 amide bonds. The number of fused-ring (bicyclic) bond motifs is 1. The molecule has 2 aliphatic heterocycles. The molecule has 2 atom stereocenters. The number of carbonyl (C=O) groups excluding carboxylic acids is 1. The minimum absolute atomic E-state index is 0.0996. The summed E-state index contributed by atoms with van der Waals surface area (Å²) in [5.41, 5.74) is 0.930. The summed E-state index contributed by atoms with van der Waals surface area (Å²) in [4.78, 5) is 36.2. The molecule has 6 nitrogen and oxygen atoms in total. The molecule has 0 unspecified atom stereocenters. The largest absolute Gasteiger partial charge is 0.355 e. The molecule has 0 bridgehead atoms. The Bertz CT molecular complexity index is 1170. The number of hydrogen-bond acceptors (Lipinski definition) is 6. The lowest BCUT2D eigenvalue weighted by molar-refractivity contribution is -0.122. The van der Waals surface area contributed by atoms with Crippen LogP contribution in [-0.2, 0) is 4.79 Å². The Balaban J connectivity index is 1.63. The predicted octanol–water partition coefficient (Wildman–Crippen LogP) is 5.74. The third-order valence-corrected chi connectivity index (χ3v) is 8.18. The van der Waals surface area contributed by atoms with E-state index in [0.29, 0.717) is 44.6 Å². The quantitative estimate of drug-likeness (QED) is 0.243. The number of rotatable bonds is 9. The van der Waals surface area contributed by atoms with Crippen molar-refractivity contribution in [2.45, 2.75) is 65.7 Å². The maximum atomic E-state index is 13.6. The lowest BCUT2D eigenvalue weighted by Crippen LogP contribution is -2.40. The van der Waals surface area contributed by atoms with Gasteiger partial charge in [0.15, 0.2) is 0 Å². The van der Waals surface area contributed by atoms with E-state index in [9.17, 15) is 9.59 Å². The molecule has 2 aliphatic rings. The molecule has 0 aromatic carbocycles. The summed E-state index contributed by atoms with van der Waals surface area (Å²) < 4.78 is 2.13. The number of thioether (sulfide) groups is 1. The number of piperidine rings is 1. The first-order valence-electron chi connectivity index (χ1n) is 12.9. The summed E-state index contributed by atoms with van der Waals surface area (Å²) >= 11 is 6.84. The van der Waals surface area contributed by atoms with Gasteiger partial charge in [0.05, 0.1) is 10.5 Å². The number of hydrogen-bond donors (Lipinski definition) is 0. The maximum absolute atomic E-state index is 13.6. The summed E-state index contributed by atoms with van der Waals surface area (Å²) in [5.74, 6) is 1.59. The van der Waals surface area contributed by atoms with Crippen molar-refractivity contribution in [3.63, 3.8) is 0 Å². The number of pyridine rings is 1. The van der Waals surface area contributed by atoms with Crippen molar-refractivity contribution in [2.24, 2.45) is 11.8 Å². The Hall–Kier alpha value is -2.19. The highest BCUT2D eigenvalue weighted by Crippen LogP contribution is 2.34. The van der Waals surface area contributed by atoms with Crippen molar-refractivity contribution < 1.29 is 4.79 Å². The molecule has 0 N–H and O–H groups in total. The smallest absolute Gasteiger partial charge is 0.267 e. The Labute approximate surface area is 217 Å². The van der Waals surface area contributed by atoms with Gasteiger partial charge in [-0.15, -0.1) is 0 Å². The number of anilines is 1. The fourth-order valence-electron chi connectivity index (χ4n) is 5.17. The van der Waals surface area contributed by atoms with E-state index < -0.39 is 0 Å². The van der Waals surface area contributed by atoms with Crippen molar-refractivity contribution in [3.8, 4) is 0 Å². The van der Waals surface area contributed by atoms with Crippen LogP contribution < -0.4 is 10.5 Å². The zero-order chi connectivity index (χ0) is 24.9. The summed E-state index contributed by atoms with van der Waals surface area (Å²) in [7, 11) is 0. The third-order valence-electron chi connectivity index (χ3n) is 6.80. The van der Waals surface area contributed by atoms with Crippen LogP contribution in [-0.4, -0.2) is 44.1 Å². The van der Waals surface area contributed by atoms with Gasteiger partial charge in [-0.2, -0.15) is 0 Å². The number of nitrogens with zero attached hydrogens (tertiary/aromatic N) is 4. The zero-order valence-electron chi connectivity index (χ0n) is 21.0. The topological polar surface area (TPSA) is 57.9 Å². The molecule has 4 heterocycles. The normalized spacial score (nSPS) is 22.1. The van der Waals surface area contributed by atoms with E-state index >= 15 is 0 Å². The first-order chi connectivity index (χ1) is 16.9. The van der Waals surface area contributed by atoms with Crippen LogP contribution in [0.3, 0.4) is 0 Å². The first-order valence-corrected chi connectivity index (χ1v) is 14.1. The molecule has 2 fully saturated rings. The average molecular weight is 513 g/mol. The van der Waals surface area contributed by atoms with E-state index in [2.05, 4.69) is 25.7 Å². The fourth-order valence-corrected chi connectivity index (χ4v) is 6.46. The summed E-state index contributed by atoms with van der Waals surface area (Å²) in [6, 6.07) is 5.57. The van der Waals surface area contributed by atoms with Gasteiger partial charge in [0.25, 0.3) is 11.5 Å². The van der Waals surface area contributed by atoms with E-state index in [1.54, 1.807) is 21.6 Å². The molecule has 0 spiro atoms. The SMILES string of the molecule is CCCCCCCCN1C(=O)/C(=C\c2c(N3C[C@@H](C)C[C@H](C)C3)nc3ccccn3c2=O)SC1=S. The highest BCUT2D eigenvalue weighted by Gasteiger charge is 2.33. The Morgan fingerprint density at radius 3 is 2.54 bits per heavy atom. The van der Waals surface area contributed by atoms with Gasteiger partial charge in [0.1, 0.15) is 15.8 Å². The monoisotopic (exact) mass is 512 g/mol. The van der Waals surface area contributed by atoms with Crippen LogP contribution in [0.5, 0.6) is 0 Å². The van der Waals surface area contributed by atoms with Crippen LogP contribution in [0.2, 0.25) is 0 Å². The van der Waals surface area contributed by atoms with Crippen molar-refractivity contribution in [2.75, 3.05) is 24.5 Å². The second kappa shape index (κ2) is 11.7. The van der Waals surface area contributed by atoms with Crippen LogP contribution in [0, 0.1) is 11.8 Å². The molecule has 4 rings (SSSR count). The van der Waals surface area contributed by atoms with Crippen molar-refractivity contribution in [3.05, 3.63) is 45.2 Å². The highest BCUT2D eigenvalue weighted by molar-refractivity contribution is 8.26. The molecule has 8 heteroatoms. The molecular weight excluding hydrogens is 476 g/mol. The van der Waals surface area contributed by atoms with Gasteiger partial charge in [-0.3, -0.25) is 18.9 Å². The minimum Gasteiger partial charge on any atom is -0.355 e. The second-order valence-electron chi connectivity index (χ2n) is 10.0. The van der Waals surface area contributed by atoms with Crippen LogP contribution in [0.4, 0.5) is 5.82 Å². The van der Waals surface area contributed by atoms with E-state index in [1.165, 1.54) is 37.4 Å². The Kier molecular flexibility index (Phi) is 8.65. The second-order valence-corrected chi connectivity index (χ2v) is 11.7. The average Bonchev–Trinajstić information content (AvgIpc) is 3.09. The lowest BCUT2D eigenvalue weighted by Gasteiger charge is -2.36. The Morgan fingerprint density at radius 2 is 1.80 bits per heavy atom. The molecule has 2 saturated heterocycles. The summed E-state index contributed by atoms with van der Waals surface area (Å²) in [6.07, 6.45) is 11.6. The number of carbonyl (C=O) groups is 1. The number of amides is 1. The maximum Gasteiger partial charge on any atom is 0.267 e. The van der Waals surface area contributed by atoms with Gasteiger partial charge in [-0.1, -0.05) is 82.9 Å². The third kappa shape index (κ3) is 5.97. The fraction of sp³-hybridized carbons (Fsp3) is 0.556. The first kappa shape index (κ1) is 25.9. The standard InChI is InChI=1S/C27H36N4O2S2/c1-4-5-6-7-8-10-14-31-26(33)22(35-27(31)34)16-21-24(29-17-19(2)15-20(3)18-29)28-23-12-9-11-13-30(23)25(21)32/h9,11-13,16,19-20H,4-8,10,14-15,17-18H2,1-3H3/b22-16+/t19-,20-/m0/s1. The highest BCUT2D eigenvalue weighted by atomic mass is 32.2. The summed E-state index contributed by atoms with van der Waals surface area (Å²) in [5, 5.41) is 0. The van der Waals surface area contributed by atoms with E-state index in [-0.39, 0.29) is 11.5 Å². The van der Waals surface area contributed by atoms with Gasteiger partial charge < -0.3 is 4.90 Å². The van der Waals surface area contributed by atoms with Gasteiger partial charge in [-0.25, -0.2) is 4.98 Å². The zero-order valence-corrected chi connectivity index (χ0v) is 22.7. The molecular formula is C27H36N4O2S2. The van der Waals surface area contributed by atoms with E-state index in [4.69, 9.17) is 17.2 Å². The van der Waals surface area contributed by atoms with E-state index in [0.717, 1.165) is 32.4 Å². The molecule has 0 saturated carbocycles. The molecule has 0 radical (unpaired) electrons. The molecule has 188 valence electrons. The van der Waals surface area contributed by atoms with Crippen molar-refractivity contribution in [1.29, 1.82) is 0 Å². The molecule has 35 heavy (non-hydrogen) atoms. The number of aromatic nitrogens is 2. The van der Waals surface area contributed by atoms with Crippen LogP contribution in [0.1, 0.15) is 71.3 Å². The molecule has 2 aromatic rings. The Morgan fingerprint density at radius 1 is 1.09 bits per heavy atom. The van der Waals surface area contributed by atoms with Crippen molar-refractivity contribution in [1.82, 2.24) is 14.3 Å². The predicted molar refractivity (Wildman–Crippen MR) is 150 cm³/mol. The molecule has 2 aromatic heterocycles.